The van der Waals surface area contributed by atoms with Gasteiger partial charge in [0.25, 0.3) is 0 Å². The summed E-state index contributed by atoms with van der Waals surface area (Å²) in [6.07, 6.45) is 0.250. The molecule has 0 saturated heterocycles. The largest absolute Gasteiger partial charge is 0.372 e. The second-order valence-electron chi connectivity index (χ2n) is 0.775. The summed E-state index contributed by atoms with van der Waals surface area (Å²) in [5.74, 6) is 0. The molecule has 0 aliphatic rings. The Bertz CT molecular complexity index is 77.9. The van der Waals surface area contributed by atoms with Crippen LogP contribution in [-0.2, 0) is 4.79 Å². The zero-order valence-corrected chi connectivity index (χ0v) is 8.57. The zero-order chi connectivity index (χ0) is 8.15. The van der Waals surface area contributed by atoms with E-state index in [2.05, 4.69) is 5.73 Å². The summed E-state index contributed by atoms with van der Waals surface area (Å²) in [5.41, 5.74) is 4.17. The van der Waals surface area contributed by atoms with Crippen molar-refractivity contribution < 1.29 is 4.79 Å². The van der Waals surface area contributed by atoms with E-state index in [-0.39, 0.29) is 6.41 Å². The van der Waals surface area contributed by atoms with Crippen LogP contribution in [0.5, 0.6) is 0 Å². The van der Waals surface area contributed by atoms with E-state index < -0.39 is 3.37 Å². The van der Waals surface area contributed by atoms with Crippen molar-refractivity contribution >= 4 is 66.0 Å². The summed E-state index contributed by atoms with van der Waals surface area (Å²) in [4.78, 5) is 8.58. The van der Waals surface area contributed by atoms with Crippen molar-refractivity contribution in [3.63, 3.8) is 0 Å². The number of rotatable bonds is 0. The van der Waals surface area contributed by atoms with E-state index >= 15 is 0 Å². The van der Waals surface area contributed by atoms with Crippen LogP contribution in [0.25, 0.3) is 0 Å². The van der Waals surface area contributed by atoms with E-state index in [0.29, 0.717) is 0 Å². The molecule has 0 atom stereocenters. The summed E-state index contributed by atoms with van der Waals surface area (Å²) >= 11 is 24.9. The average molecular weight is 253 g/mol. The zero-order valence-electron chi connectivity index (χ0n) is 3.90. The third-order valence-electron chi connectivity index (χ3n) is 0. The first-order chi connectivity index (χ1) is 3.65. The van der Waals surface area contributed by atoms with Gasteiger partial charge in [-0.25, -0.2) is 0 Å². The van der Waals surface area contributed by atoms with Gasteiger partial charge < -0.3 is 5.73 Å². The Morgan fingerprint density at radius 1 is 1.11 bits per heavy atom. The minimum absolute atomic E-state index is 0.250. The van der Waals surface area contributed by atoms with Gasteiger partial charge in [-0.3, -0.25) is 4.79 Å². The van der Waals surface area contributed by atoms with Crippen molar-refractivity contribution in [1.82, 2.24) is 0 Å². The van der Waals surface area contributed by atoms with Gasteiger partial charge in [-0.1, -0.05) is 0 Å². The molecule has 0 rings (SSSR count). The maximum absolute atomic E-state index is 8.58. The maximum atomic E-state index is 8.58. The van der Waals surface area contributed by atoms with Crippen LogP contribution in [0.4, 0.5) is 0 Å². The topological polar surface area (TPSA) is 43.1 Å². The molecule has 0 bridgehead atoms. The van der Waals surface area contributed by atoms with Crippen molar-refractivity contribution in [2.75, 3.05) is 0 Å². The molecule has 8 heteroatoms. The SMILES string of the molecule is ClP(Cl)(Cl)(Cl)Cl.NC=O. The van der Waals surface area contributed by atoms with Crippen LogP contribution >= 0.6 is 59.6 Å². The number of carbonyl (C=O) groups excluding carboxylic acids is 1. The van der Waals surface area contributed by atoms with E-state index in [9.17, 15) is 0 Å². The number of primary amides is 1. The quantitative estimate of drug-likeness (QED) is 0.521. The minimum Gasteiger partial charge on any atom is -0.372 e. The van der Waals surface area contributed by atoms with Gasteiger partial charge in [0.15, 0.2) is 0 Å². The molecule has 58 valence electrons. The fourth-order valence-corrected chi connectivity index (χ4v) is 0. The molecule has 0 fully saturated rings. The number of carbonyl (C=O) groups is 1. The van der Waals surface area contributed by atoms with Gasteiger partial charge >= 0.3 is 59.6 Å². The predicted molar refractivity (Wildman–Crippen MR) is 46.4 cm³/mol. The molecule has 0 saturated carbocycles. The monoisotopic (exact) mass is 251 g/mol. The standard InChI is InChI=1S/CH3NO.Cl5P/c2-1-3;1-6(2,3,4)5/h1H,(H2,2,3);. The second kappa shape index (κ2) is 4.27. The average Bonchev–Trinajstić information content (AvgIpc) is 1.23. The second-order valence-corrected chi connectivity index (χ2v) is 17.4. The first-order valence-corrected chi connectivity index (χ1v) is 8.18. The maximum Gasteiger partial charge on any atom is 0.204 e. The van der Waals surface area contributed by atoms with Gasteiger partial charge in [0.1, 0.15) is 0 Å². The summed E-state index contributed by atoms with van der Waals surface area (Å²) in [6.45, 7) is 0. The Morgan fingerprint density at radius 3 is 1.11 bits per heavy atom. The summed E-state index contributed by atoms with van der Waals surface area (Å²) in [7, 11) is 0. The molecule has 0 aromatic carbocycles. The molecular weight excluding hydrogens is 250 g/mol. The normalized spacial score (nSPS) is 14.1. The van der Waals surface area contributed by atoms with Gasteiger partial charge in [-0.15, -0.1) is 0 Å². The van der Waals surface area contributed by atoms with E-state index in [1.165, 1.54) is 0 Å². The molecule has 0 heterocycles. The van der Waals surface area contributed by atoms with Gasteiger partial charge in [0.05, 0.1) is 0 Å². The summed E-state index contributed by atoms with van der Waals surface area (Å²) < 4.78 is -3.69. The summed E-state index contributed by atoms with van der Waals surface area (Å²) in [6, 6.07) is 0. The van der Waals surface area contributed by atoms with Crippen LogP contribution < -0.4 is 5.73 Å². The first kappa shape index (κ1) is 13.0. The number of hydrogen-bond acceptors (Lipinski definition) is 1. The molecule has 0 aliphatic heterocycles. The van der Waals surface area contributed by atoms with Crippen LogP contribution in [0.1, 0.15) is 0 Å². The third kappa shape index (κ3) is 277. The van der Waals surface area contributed by atoms with Gasteiger partial charge in [-0.2, -0.15) is 0 Å². The van der Waals surface area contributed by atoms with Gasteiger partial charge in [0.2, 0.25) is 6.41 Å². The van der Waals surface area contributed by atoms with Crippen LogP contribution in [0.2, 0.25) is 0 Å². The Kier molecular flexibility index (Phi) is 6.16. The van der Waals surface area contributed by atoms with Crippen LogP contribution in [0.3, 0.4) is 0 Å². The molecule has 2 nitrogen and oxygen atoms in total. The van der Waals surface area contributed by atoms with Crippen LogP contribution in [0.15, 0.2) is 0 Å². The molecule has 2 N–H and O–H groups in total. The van der Waals surface area contributed by atoms with Crippen LogP contribution in [-0.4, -0.2) is 6.41 Å². The van der Waals surface area contributed by atoms with Crippen molar-refractivity contribution in [2.45, 2.75) is 0 Å². The number of halogens is 5. The Balaban J connectivity index is 0. The van der Waals surface area contributed by atoms with Crippen LogP contribution in [0, 0.1) is 0 Å². The number of hydrogen-bond donors (Lipinski definition) is 1. The molecule has 0 radical (unpaired) electrons. The molecule has 0 aromatic heterocycles. The van der Waals surface area contributed by atoms with Crippen molar-refractivity contribution in [2.24, 2.45) is 5.73 Å². The molecular formula is CH3Cl5NOP. The summed E-state index contributed by atoms with van der Waals surface area (Å²) in [5, 5.41) is 0. The van der Waals surface area contributed by atoms with E-state index in [1.54, 1.807) is 0 Å². The van der Waals surface area contributed by atoms with Gasteiger partial charge in [-0.05, 0) is 0 Å². The van der Waals surface area contributed by atoms with Crippen molar-refractivity contribution in [3.05, 3.63) is 0 Å². The molecule has 0 aliphatic carbocycles. The molecule has 0 spiro atoms. The van der Waals surface area contributed by atoms with Crippen molar-refractivity contribution in [1.29, 1.82) is 0 Å². The molecule has 0 aromatic rings. The predicted octanol–water partition coefficient (Wildman–Crippen LogP) is 3.41. The molecule has 9 heavy (non-hydrogen) atoms. The minimum atomic E-state index is -3.69. The first-order valence-electron chi connectivity index (χ1n) is 1.41. The number of amides is 1. The van der Waals surface area contributed by atoms with Crippen molar-refractivity contribution in [3.8, 4) is 0 Å². The fraction of sp³-hybridized carbons (Fsp3) is 0. The number of nitrogens with two attached hydrogens (primary N) is 1. The van der Waals surface area contributed by atoms with E-state index in [1.807, 2.05) is 0 Å². The Morgan fingerprint density at radius 2 is 1.11 bits per heavy atom. The van der Waals surface area contributed by atoms with E-state index in [4.69, 9.17) is 61.0 Å². The molecule has 1 amide bonds. The third-order valence-corrected chi connectivity index (χ3v) is 0. The molecule has 0 unspecified atom stereocenters. The fourth-order valence-electron chi connectivity index (χ4n) is 0. The Hall–Kier alpha value is 1.35. The van der Waals surface area contributed by atoms with Gasteiger partial charge in [0, 0.05) is 0 Å². The smallest absolute Gasteiger partial charge is 0.204 e. The Labute approximate surface area is 76.4 Å². The van der Waals surface area contributed by atoms with E-state index in [0.717, 1.165) is 0 Å².